The topological polar surface area (TPSA) is 56.7 Å². The van der Waals surface area contributed by atoms with Crippen molar-refractivity contribution in [2.45, 2.75) is 13.8 Å². The molecule has 0 saturated heterocycles. The van der Waals surface area contributed by atoms with E-state index in [-0.39, 0.29) is 0 Å². The van der Waals surface area contributed by atoms with Gasteiger partial charge in [-0.25, -0.2) is 9.67 Å². The zero-order valence-electron chi connectivity index (χ0n) is 8.53. The SMILES string of the molecule is Cc1nc(C)n(-c2ccc(Cl)cc2N)n1. The first-order valence-electron chi connectivity index (χ1n) is 4.53. The van der Waals surface area contributed by atoms with Crippen LogP contribution in [0, 0.1) is 13.8 Å². The van der Waals surface area contributed by atoms with Crippen LogP contribution < -0.4 is 5.73 Å². The van der Waals surface area contributed by atoms with E-state index in [1.54, 1.807) is 16.8 Å². The highest BCUT2D eigenvalue weighted by Gasteiger charge is 2.08. The average molecular weight is 223 g/mol. The number of nitrogens with two attached hydrogens (primary N) is 1. The summed E-state index contributed by atoms with van der Waals surface area (Å²) in [4.78, 5) is 4.21. The summed E-state index contributed by atoms with van der Waals surface area (Å²) in [7, 11) is 0. The van der Waals surface area contributed by atoms with Gasteiger partial charge in [0.2, 0.25) is 0 Å². The van der Waals surface area contributed by atoms with Crippen LogP contribution in [0.25, 0.3) is 5.69 Å². The third-order valence-electron chi connectivity index (χ3n) is 2.09. The Labute approximate surface area is 92.7 Å². The van der Waals surface area contributed by atoms with E-state index in [1.165, 1.54) is 0 Å². The maximum absolute atomic E-state index is 5.86. The molecule has 0 fully saturated rings. The zero-order chi connectivity index (χ0) is 11.0. The Hall–Kier alpha value is -1.55. The highest BCUT2D eigenvalue weighted by Crippen LogP contribution is 2.21. The molecule has 4 nitrogen and oxygen atoms in total. The minimum absolute atomic E-state index is 0.593. The monoisotopic (exact) mass is 222 g/mol. The molecule has 0 amide bonds. The average Bonchev–Trinajstić information content (AvgIpc) is 2.45. The van der Waals surface area contributed by atoms with Gasteiger partial charge in [0.15, 0.2) is 0 Å². The predicted molar refractivity (Wildman–Crippen MR) is 60.3 cm³/mol. The number of hydrogen-bond donors (Lipinski definition) is 1. The number of halogens is 1. The van der Waals surface area contributed by atoms with E-state index >= 15 is 0 Å². The molecule has 0 aliphatic heterocycles. The molecule has 0 saturated carbocycles. The van der Waals surface area contributed by atoms with E-state index in [0.717, 1.165) is 17.3 Å². The third-order valence-corrected chi connectivity index (χ3v) is 2.33. The molecule has 0 atom stereocenters. The molecular formula is C10H11ClN4. The van der Waals surface area contributed by atoms with Crippen LogP contribution in [0.5, 0.6) is 0 Å². The molecule has 1 aromatic heterocycles. The van der Waals surface area contributed by atoms with Gasteiger partial charge in [0.1, 0.15) is 11.6 Å². The number of nitrogen functional groups attached to an aromatic ring is 1. The normalized spacial score (nSPS) is 10.6. The molecule has 0 aliphatic carbocycles. The lowest BCUT2D eigenvalue weighted by Crippen LogP contribution is -2.03. The van der Waals surface area contributed by atoms with Gasteiger partial charge >= 0.3 is 0 Å². The Morgan fingerprint density at radius 3 is 2.60 bits per heavy atom. The van der Waals surface area contributed by atoms with Crippen molar-refractivity contribution in [3.8, 4) is 5.69 Å². The summed E-state index contributed by atoms with van der Waals surface area (Å²) in [6.45, 7) is 3.73. The highest BCUT2D eigenvalue weighted by molar-refractivity contribution is 6.30. The molecule has 15 heavy (non-hydrogen) atoms. The molecule has 0 spiro atoms. The number of aromatic nitrogens is 3. The van der Waals surface area contributed by atoms with Gasteiger partial charge < -0.3 is 5.73 Å². The largest absolute Gasteiger partial charge is 0.397 e. The Bertz CT molecular complexity index is 504. The Morgan fingerprint density at radius 1 is 1.33 bits per heavy atom. The fourth-order valence-corrected chi connectivity index (χ4v) is 1.65. The van der Waals surface area contributed by atoms with Crippen LogP contribution in [0.3, 0.4) is 0 Å². The zero-order valence-corrected chi connectivity index (χ0v) is 9.28. The van der Waals surface area contributed by atoms with Crippen LogP contribution in [0.15, 0.2) is 18.2 Å². The van der Waals surface area contributed by atoms with Crippen molar-refractivity contribution in [2.24, 2.45) is 0 Å². The molecule has 0 aliphatic rings. The lowest BCUT2D eigenvalue weighted by molar-refractivity contribution is 0.833. The molecule has 0 radical (unpaired) electrons. The van der Waals surface area contributed by atoms with Crippen molar-refractivity contribution in [1.29, 1.82) is 0 Å². The minimum Gasteiger partial charge on any atom is -0.397 e. The smallest absolute Gasteiger partial charge is 0.148 e. The summed E-state index contributed by atoms with van der Waals surface area (Å²) in [6.07, 6.45) is 0. The lowest BCUT2D eigenvalue weighted by atomic mass is 10.3. The summed E-state index contributed by atoms with van der Waals surface area (Å²) in [5.74, 6) is 1.53. The van der Waals surface area contributed by atoms with E-state index in [0.29, 0.717) is 10.7 Å². The summed E-state index contributed by atoms with van der Waals surface area (Å²) in [5, 5.41) is 4.87. The standard InChI is InChI=1S/C10H11ClN4/c1-6-13-7(2)15(14-6)10-4-3-8(11)5-9(10)12/h3-5H,12H2,1-2H3. The fourth-order valence-electron chi connectivity index (χ4n) is 1.47. The van der Waals surface area contributed by atoms with Crippen molar-refractivity contribution in [1.82, 2.24) is 14.8 Å². The van der Waals surface area contributed by atoms with Crippen molar-refractivity contribution < 1.29 is 0 Å². The van der Waals surface area contributed by atoms with E-state index in [4.69, 9.17) is 17.3 Å². The van der Waals surface area contributed by atoms with Gasteiger partial charge in [-0.15, -0.1) is 0 Å². The van der Waals surface area contributed by atoms with Crippen molar-refractivity contribution >= 4 is 17.3 Å². The lowest BCUT2D eigenvalue weighted by Gasteiger charge is -2.06. The fraction of sp³-hybridized carbons (Fsp3) is 0.200. The number of nitrogens with zero attached hydrogens (tertiary/aromatic N) is 3. The molecule has 1 aromatic carbocycles. The van der Waals surface area contributed by atoms with Gasteiger partial charge in [0, 0.05) is 5.02 Å². The van der Waals surface area contributed by atoms with Crippen LogP contribution >= 0.6 is 11.6 Å². The molecule has 2 aromatic rings. The van der Waals surface area contributed by atoms with E-state index in [1.807, 2.05) is 19.9 Å². The van der Waals surface area contributed by atoms with Gasteiger partial charge in [-0.3, -0.25) is 0 Å². The summed E-state index contributed by atoms with van der Waals surface area (Å²) in [5.41, 5.74) is 7.25. The second-order valence-electron chi connectivity index (χ2n) is 3.32. The summed E-state index contributed by atoms with van der Waals surface area (Å²) >= 11 is 5.82. The summed E-state index contributed by atoms with van der Waals surface area (Å²) in [6, 6.07) is 5.32. The first kappa shape index (κ1) is 9.98. The predicted octanol–water partition coefficient (Wildman–Crippen LogP) is 2.12. The van der Waals surface area contributed by atoms with Gasteiger partial charge in [0.05, 0.1) is 11.4 Å². The van der Waals surface area contributed by atoms with Crippen LogP contribution in [0.1, 0.15) is 11.6 Å². The number of aryl methyl sites for hydroxylation is 2. The Balaban J connectivity index is 2.59. The van der Waals surface area contributed by atoms with Gasteiger partial charge in [-0.2, -0.15) is 5.10 Å². The van der Waals surface area contributed by atoms with Crippen molar-refractivity contribution in [3.05, 3.63) is 34.9 Å². The third kappa shape index (κ3) is 1.80. The van der Waals surface area contributed by atoms with E-state index < -0.39 is 0 Å². The Kier molecular flexibility index (Phi) is 2.36. The van der Waals surface area contributed by atoms with E-state index in [9.17, 15) is 0 Å². The van der Waals surface area contributed by atoms with Gasteiger partial charge in [-0.05, 0) is 32.0 Å². The number of hydrogen-bond acceptors (Lipinski definition) is 3. The second-order valence-corrected chi connectivity index (χ2v) is 3.76. The number of rotatable bonds is 1. The molecular weight excluding hydrogens is 212 g/mol. The summed E-state index contributed by atoms with van der Waals surface area (Å²) < 4.78 is 1.71. The maximum Gasteiger partial charge on any atom is 0.148 e. The first-order valence-corrected chi connectivity index (χ1v) is 4.91. The van der Waals surface area contributed by atoms with Crippen molar-refractivity contribution in [3.63, 3.8) is 0 Å². The molecule has 5 heteroatoms. The minimum atomic E-state index is 0.593. The van der Waals surface area contributed by atoms with Crippen LogP contribution in [0.2, 0.25) is 5.02 Å². The van der Waals surface area contributed by atoms with Gasteiger partial charge in [-0.1, -0.05) is 11.6 Å². The quantitative estimate of drug-likeness (QED) is 0.752. The van der Waals surface area contributed by atoms with Gasteiger partial charge in [0.25, 0.3) is 0 Å². The molecule has 0 unspecified atom stereocenters. The van der Waals surface area contributed by atoms with Crippen LogP contribution in [-0.2, 0) is 0 Å². The van der Waals surface area contributed by atoms with Crippen molar-refractivity contribution in [2.75, 3.05) is 5.73 Å². The van der Waals surface area contributed by atoms with Crippen LogP contribution in [-0.4, -0.2) is 14.8 Å². The molecule has 1 heterocycles. The highest BCUT2D eigenvalue weighted by atomic mass is 35.5. The maximum atomic E-state index is 5.86. The first-order chi connectivity index (χ1) is 7.08. The second kappa shape index (κ2) is 3.55. The Morgan fingerprint density at radius 2 is 2.07 bits per heavy atom. The molecule has 78 valence electrons. The molecule has 2 rings (SSSR count). The number of benzene rings is 1. The number of anilines is 1. The molecule has 0 bridgehead atoms. The molecule has 2 N–H and O–H groups in total. The van der Waals surface area contributed by atoms with Crippen LogP contribution in [0.4, 0.5) is 5.69 Å². The van der Waals surface area contributed by atoms with E-state index in [2.05, 4.69) is 10.1 Å².